The van der Waals surface area contributed by atoms with Crippen molar-refractivity contribution in [2.24, 2.45) is 11.5 Å². The van der Waals surface area contributed by atoms with E-state index in [9.17, 15) is 14.4 Å². The highest BCUT2D eigenvalue weighted by Crippen LogP contribution is 2.20. The molecule has 0 aliphatic heterocycles. The molecule has 10 nitrogen and oxygen atoms in total. The topological polar surface area (TPSA) is 165 Å². The van der Waals surface area contributed by atoms with E-state index >= 15 is 0 Å². The fourth-order valence-corrected chi connectivity index (χ4v) is 2.21. The van der Waals surface area contributed by atoms with Crippen molar-refractivity contribution < 1.29 is 14.3 Å². The molecule has 10 heteroatoms. The summed E-state index contributed by atoms with van der Waals surface area (Å²) in [6.07, 6.45) is 0.387. The number of benzene rings is 1. The summed E-state index contributed by atoms with van der Waals surface area (Å²) in [5, 5.41) is 5.59. The Morgan fingerprint density at radius 2 is 1.92 bits per heavy atom. The molecule has 2 amide bonds. The van der Waals surface area contributed by atoms with Gasteiger partial charge in [-0.05, 0) is 30.7 Å². The summed E-state index contributed by atoms with van der Waals surface area (Å²) in [4.78, 5) is 41.7. The predicted octanol–water partition coefficient (Wildman–Crippen LogP) is 0.297. The molecule has 0 aliphatic rings. The van der Waals surface area contributed by atoms with E-state index < -0.39 is 23.4 Å². The van der Waals surface area contributed by atoms with E-state index in [0.29, 0.717) is 17.9 Å². The maximum absolute atomic E-state index is 12.2. The molecule has 0 saturated heterocycles. The fraction of sp³-hybridized carbons (Fsp3) is 0.250. The lowest BCUT2D eigenvalue weighted by Crippen LogP contribution is -2.36. The number of nitrogens with zero attached hydrogens (tertiary/aromatic N) is 1. The molecule has 0 saturated carbocycles. The Bertz CT molecular complexity index is 862. The number of amides is 2. The van der Waals surface area contributed by atoms with E-state index in [1.165, 1.54) is 7.11 Å². The number of anilines is 3. The Hall–Kier alpha value is -3.56. The van der Waals surface area contributed by atoms with E-state index in [4.69, 9.17) is 16.2 Å². The Labute approximate surface area is 148 Å². The third-order valence-corrected chi connectivity index (χ3v) is 3.58. The first-order chi connectivity index (χ1) is 12.3. The van der Waals surface area contributed by atoms with Crippen LogP contribution in [0.3, 0.4) is 0 Å². The van der Waals surface area contributed by atoms with Crippen molar-refractivity contribution in [2.75, 3.05) is 17.7 Å². The molecule has 0 radical (unpaired) electrons. The molecule has 0 fully saturated rings. The zero-order valence-electron chi connectivity index (χ0n) is 14.3. The quantitative estimate of drug-likeness (QED) is 0.451. The number of aromatic nitrogens is 2. The zero-order chi connectivity index (χ0) is 19.3. The van der Waals surface area contributed by atoms with Crippen molar-refractivity contribution in [1.82, 2.24) is 9.97 Å². The number of carbonyl (C=O) groups excluding carboxylic acids is 2. The van der Waals surface area contributed by atoms with Crippen LogP contribution in [0.4, 0.5) is 17.5 Å². The number of ether oxygens (including phenoxy) is 1. The first-order valence-electron chi connectivity index (χ1n) is 7.76. The van der Waals surface area contributed by atoms with E-state index in [1.54, 1.807) is 31.2 Å². The predicted molar refractivity (Wildman–Crippen MR) is 96.5 cm³/mol. The van der Waals surface area contributed by atoms with Crippen LogP contribution in [0.5, 0.6) is 5.75 Å². The van der Waals surface area contributed by atoms with Gasteiger partial charge >= 0.3 is 0 Å². The Balaban J connectivity index is 2.42. The Morgan fingerprint density at radius 3 is 2.42 bits per heavy atom. The maximum atomic E-state index is 12.2. The Morgan fingerprint density at radius 1 is 1.27 bits per heavy atom. The fourth-order valence-electron chi connectivity index (χ4n) is 2.21. The SMILES string of the molecule is CC[C@@H](Nc1nc(Nc2ccc(OC)cc2)c(C(N)=O)c(=O)[nH]1)C(N)=O. The second-order valence-electron chi connectivity index (χ2n) is 5.36. The molecule has 1 heterocycles. The molecule has 138 valence electrons. The number of rotatable bonds is 8. The Kier molecular flexibility index (Phi) is 5.78. The summed E-state index contributed by atoms with van der Waals surface area (Å²) in [5.74, 6) is -0.962. The summed E-state index contributed by atoms with van der Waals surface area (Å²) in [6, 6.07) is 6.01. The van der Waals surface area contributed by atoms with Gasteiger partial charge in [-0.25, -0.2) is 0 Å². The minimum absolute atomic E-state index is 0.0124. The van der Waals surface area contributed by atoms with Crippen molar-refractivity contribution in [3.8, 4) is 5.75 Å². The molecular weight excluding hydrogens is 340 g/mol. The second kappa shape index (κ2) is 8.01. The summed E-state index contributed by atoms with van der Waals surface area (Å²) < 4.78 is 5.07. The van der Waals surface area contributed by atoms with Crippen LogP contribution in [0, 0.1) is 0 Å². The normalized spacial score (nSPS) is 11.5. The first kappa shape index (κ1) is 18.8. The molecule has 0 aliphatic carbocycles. The molecule has 2 rings (SSSR count). The molecule has 1 atom stereocenters. The van der Waals surface area contributed by atoms with Crippen molar-refractivity contribution in [2.45, 2.75) is 19.4 Å². The standard InChI is InChI=1S/C16H20N6O4/c1-3-10(12(17)23)20-16-21-14(11(13(18)24)15(25)22-16)19-8-4-6-9(26-2)7-5-8/h4-7,10H,3H2,1-2H3,(H2,17,23)(H2,18,24)(H3,19,20,21,22,25)/t10-/m1/s1. The van der Waals surface area contributed by atoms with E-state index in [1.807, 2.05) is 0 Å². The average molecular weight is 360 g/mol. The molecule has 1 aromatic carbocycles. The molecule has 0 spiro atoms. The number of aromatic amines is 1. The van der Waals surface area contributed by atoms with Crippen LogP contribution < -0.4 is 32.4 Å². The van der Waals surface area contributed by atoms with Crippen LogP contribution in [0.25, 0.3) is 0 Å². The highest BCUT2D eigenvalue weighted by molar-refractivity contribution is 5.98. The minimum Gasteiger partial charge on any atom is -0.497 e. The lowest BCUT2D eigenvalue weighted by atomic mass is 10.2. The smallest absolute Gasteiger partial charge is 0.267 e. The average Bonchev–Trinajstić information content (AvgIpc) is 2.59. The molecule has 0 unspecified atom stereocenters. The number of methoxy groups -OCH3 is 1. The number of hydrogen-bond acceptors (Lipinski definition) is 7. The van der Waals surface area contributed by atoms with Crippen LogP contribution in [0.2, 0.25) is 0 Å². The van der Waals surface area contributed by atoms with Gasteiger partial charge in [0.05, 0.1) is 7.11 Å². The van der Waals surface area contributed by atoms with Gasteiger partial charge in [0.1, 0.15) is 17.4 Å². The molecule has 2 aromatic rings. The van der Waals surface area contributed by atoms with Crippen molar-refractivity contribution in [1.29, 1.82) is 0 Å². The third-order valence-electron chi connectivity index (χ3n) is 3.58. The first-order valence-corrected chi connectivity index (χ1v) is 7.76. The number of primary amides is 2. The highest BCUT2D eigenvalue weighted by atomic mass is 16.5. The second-order valence-corrected chi connectivity index (χ2v) is 5.36. The number of carbonyl (C=O) groups is 2. The number of nitrogens with two attached hydrogens (primary N) is 2. The van der Waals surface area contributed by atoms with Crippen LogP contribution in [0.15, 0.2) is 29.1 Å². The molecule has 1 aromatic heterocycles. The van der Waals surface area contributed by atoms with Crippen molar-refractivity contribution in [3.63, 3.8) is 0 Å². The van der Waals surface area contributed by atoms with Crippen molar-refractivity contribution >= 4 is 29.3 Å². The van der Waals surface area contributed by atoms with Gasteiger partial charge in [-0.2, -0.15) is 4.98 Å². The molecular formula is C16H20N6O4. The molecule has 26 heavy (non-hydrogen) atoms. The monoisotopic (exact) mass is 360 g/mol. The summed E-state index contributed by atoms with van der Waals surface area (Å²) in [5.41, 5.74) is 10.0. The van der Waals surface area contributed by atoms with Crippen molar-refractivity contribution in [3.05, 3.63) is 40.2 Å². The lowest BCUT2D eigenvalue weighted by molar-refractivity contribution is -0.118. The van der Waals surface area contributed by atoms with Gasteiger partial charge in [0.25, 0.3) is 11.5 Å². The largest absolute Gasteiger partial charge is 0.497 e. The summed E-state index contributed by atoms with van der Waals surface area (Å²) in [6.45, 7) is 1.74. The zero-order valence-corrected chi connectivity index (χ0v) is 14.3. The maximum Gasteiger partial charge on any atom is 0.267 e. The minimum atomic E-state index is -0.941. The van der Waals surface area contributed by atoms with Gasteiger partial charge in [0.15, 0.2) is 5.82 Å². The van der Waals surface area contributed by atoms with E-state index in [0.717, 1.165) is 0 Å². The van der Waals surface area contributed by atoms with Gasteiger partial charge in [0.2, 0.25) is 11.9 Å². The molecule has 7 N–H and O–H groups in total. The van der Waals surface area contributed by atoms with E-state index in [2.05, 4.69) is 20.6 Å². The third kappa shape index (κ3) is 4.29. The van der Waals surface area contributed by atoms with Gasteiger partial charge in [-0.1, -0.05) is 6.92 Å². The molecule has 0 bridgehead atoms. The van der Waals surface area contributed by atoms with Crippen LogP contribution in [-0.4, -0.2) is 34.9 Å². The van der Waals surface area contributed by atoms with Gasteiger partial charge in [0, 0.05) is 5.69 Å². The number of nitrogens with one attached hydrogen (secondary N) is 3. The number of hydrogen-bond donors (Lipinski definition) is 5. The van der Waals surface area contributed by atoms with E-state index in [-0.39, 0.29) is 17.3 Å². The summed E-state index contributed by atoms with van der Waals surface area (Å²) >= 11 is 0. The van der Waals surface area contributed by atoms with Gasteiger partial charge in [-0.15, -0.1) is 0 Å². The van der Waals surface area contributed by atoms with Crippen LogP contribution >= 0.6 is 0 Å². The highest BCUT2D eigenvalue weighted by Gasteiger charge is 2.19. The number of H-pyrrole nitrogens is 1. The van der Waals surface area contributed by atoms with Crippen LogP contribution in [-0.2, 0) is 4.79 Å². The summed E-state index contributed by atoms with van der Waals surface area (Å²) in [7, 11) is 1.53. The van der Waals surface area contributed by atoms with Gasteiger partial charge < -0.3 is 26.8 Å². The lowest BCUT2D eigenvalue weighted by Gasteiger charge is -2.15. The van der Waals surface area contributed by atoms with Crippen LogP contribution in [0.1, 0.15) is 23.7 Å². The van der Waals surface area contributed by atoms with Gasteiger partial charge in [-0.3, -0.25) is 19.4 Å².